The largest absolute Gasteiger partial charge is 0.383 e. The van der Waals surface area contributed by atoms with Crippen LogP contribution >= 0.6 is 11.3 Å². The zero-order chi connectivity index (χ0) is 25.9. The van der Waals surface area contributed by atoms with Crippen LogP contribution in [0.1, 0.15) is 16.9 Å². The third-order valence-corrected chi connectivity index (χ3v) is 6.97. The van der Waals surface area contributed by atoms with E-state index in [1.165, 1.54) is 4.90 Å². The van der Waals surface area contributed by atoms with Crippen LogP contribution in [-0.2, 0) is 11.3 Å². The minimum Gasteiger partial charge on any atom is -0.383 e. The molecule has 1 atom stereocenters. The first-order valence-corrected chi connectivity index (χ1v) is 12.6. The van der Waals surface area contributed by atoms with Crippen LogP contribution in [0, 0.1) is 0 Å². The van der Waals surface area contributed by atoms with Gasteiger partial charge in [-0.1, -0.05) is 30.3 Å². The fourth-order valence-corrected chi connectivity index (χ4v) is 4.77. The van der Waals surface area contributed by atoms with Crippen molar-refractivity contribution < 1.29 is 14.7 Å². The zero-order valence-corrected chi connectivity index (χ0v) is 21.2. The molecule has 3 aromatic heterocycles. The van der Waals surface area contributed by atoms with E-state index >= 15 is 0 Å². The average Bonchev–Trinajstić information content (AvgIpc) is 3.64. The molecule has 190 valence electrons. The molecular formula is C25H26N8O3S. The van der Waals surface area contributed by atoms with Gasteiger partial charge in [-0.2, -0.15) is 5.10 Å². The van der Waals surface area contributed by atoms with Gasteiger partial charge in [-0.25, -0.2) is 15.0 Å². The molecule has 12 heteroatoms. The molecule has 6 rings (SSSR count). The van der Waals surface area contributed by atoms with Gasteiger partial charge in [-0.05, 0) is 12.5 Å². The van der Waals surface area contributed by atoms with Crippen LogP contribution in [0.4, 0.5) is 11.8 Å². The first kappa shape index (κ1) is 24.5. The van der Waals surface area contributed by atoms with Crippen molar-refractivity contribution >= 4 is 34.9 Å². The van der Waals surface area contributed by atoms with Gasteiger partial charge in [0.2, 0.25) is 5.95 Å². The van der Waals surface area contributed by atoms with Gasteiger partial charge in [0.15, 0.2) is 5.82 Å². The van der Waals surface area contributed by atoms with Crippen LogP contribution in [0.25, 0.3) is 22.0 Å². The number of carbonyl (C=O) groups excluding carboxylic acids is 2. The summed E-state index contributed by atoms with van der Waals surface area (Å²) in [7, 11) is 3.48. The van der Waals surface area contributed by atoms with Crippen molar-refractivity contribution in [3.8, 4) is 22.0 Å². The quantitative estimate of drug-likeness (QED) is 0.422. The Kier molecular flexibility index (Phi) is 6.93. The number of rotatable bonds is 4. The third kappa shape index (κ3) is 5.34. The summed E-state index contributed by atoms with van der Waals surface area (Å²) in [6.07, 6.45) is 1.55. The van der Waals surface area contributed by atoms with Gasteiger partial charge in [0, 0.05) is 50.4 Å². The maximum atomic E-state index is 12.2. The molecule has 2 amide bonds. The molecule has 4 aromatic rings. The van der Waals surface area contributed by atoms with Crippen molar-refractivity contribution in [1.29, 1.82) is 0 Å². The van der Waals surface area contributed by atoms with Gasteiger partial charge >= 0.3 is 0 Å². The number of carbonyl (C=O) groups is 2. The summed E-state index contributed by atoms with van der Waals surface area (Å²) < 4.78 is 1.71. The van der Waals surface area contributed by atoms with Crippen molar-refractivity contribution in [3.63, 3.8) is 0 Å². The Balaban J connectivity index is 0.000000301. The van der Waals surface area contributed by atoms with E-state index in [0.29, 0.717) is 43.5 Å². The van der Waals surface area contributed by atoms with Gasteiger partial charge in [0.25, 0.3) is 11.8 Å². The molecule has 5 heterocycles. The van der Waals surface area contributed by atoms with Crippen molar-refractivity contribution in [3.05, 3.63) is 59.7 Å². The highest BCUT2D eigenvalue weighted by molar-refractivity contribution is 7.13. The number of amides is 2. The fraction of sp³-hybridized carbons (Fsp3) is 0.280. The van der Waals surface area contributed by atoms with E-state index < -0.39 is 6.10 Å². The monoisotopic (exact) mass is 518 g/mol. The lowest BCUT2D eigenvalue weighted by molar-refractivity contribution is -0.133. The summed E-state index contributed by atoms with van der Waals surface area (Å²) in [4.78, 5) is 39.6. The Morgan fingerprint density at radius 2 is 1.81 bits per heavy atom. The SMILES string of the molecule is CN1CCC(O)C1=O.CN1CCn2nc(Nc3nccc(-c4csc(-c5ccccc5)n4)n3)cc2C1=O. The number of nitrogens with zero attached hydrogens (tertiary/aromatic N) is 7. The number of thiazole rings is 1. The predicted molar refractivity (Wildman–Crippen MR) is 139 cm³/mol. The fourth-order valence-electron chi connectivity index (χ4n) is 3.95. The lowest BCUT2D eigenvalue weighted by atomic mass is 10.2. The van der Waals surface area contributed by atoms with Crippen LogP contribution < -0.4 is 5.32 Å². The number of aliphatic hydroxyl groups is 1. The van der Waals surface area contributed by atoms with E-state index in [1.54, 1.807) is 47.3 Å². The molecule has 0 bridgehead atoms. The number of benzene rings is 1. The van der Waals surface area contributed by atoms with Crippen molar-refractivity contribution in [2.24, 2.45) is 0 Å². The predicted octanol–water partition coefficient (Wildman–Crippen LogP) is 2.50. The molecule has 0 spiro atoms. The smallest absolute Gasteiger partial charge is 0.272 e. The molecule has 2 aliphatic rings. The van der Waals surface area contributed by atoms with Gasteiger partial charge in [0.1, 0.15) is 22.5 Å². The zero-order valence-electron chi connectivity index (χ0n) is 20.4. The summed E-state index contributed by atoms with van der Waals surface area (Å²) in [6.45, 7) is 2.01. The number of nitrogens with one attached hydrogen (secondary N) is 1. The van der Waals surface area contributed by atoms with E-state index in [9.17, 15) is 9.59 Å². The lowest BCUT2D eigenvalue weighted by Crippen LogP contribution is -2.37. The molecule has 0 saturated carbocycles. The second-order valence-corrected chi connectivity index (χ2v) is 9.58. The second-order valence-electron chi connectivity index (χ2n) is 8.72. The Morgan fingerprint density at radius 1 is 1.00 bits per heavy atom. The maximum Gasteiger partial charge on any atom is 0.272 e. The molecule has 37 heavy (non-hydrogen) atoms. The Hall–Kier alpha value is -4.16. The van der Waals surface area contributed by atoms with Crippen LogP contribution in [0.2, 0.25) is 0 Å². The third-order valence-electron chi connectivity index (χ3n) is 6.08. The number of fused-ring (bicyclic) bond motifs is 1. The topological polar surface area (TPSA) is 129 Å². The second kappa shape index (κ2) is 10.4. The van der Waals surface area contributed by atoms with Crippen molar-refractivity contribution in [2.75, 3.05) is 32.5 Å². The molecule has 11 nitrogen and oxygen atoms in total. The maximum absolute atomic E-state index is 12.2. The Bertz CT molecular complexity index is 1410. The minimum atomic E-state index is -0.722. The van der Waals surface area contributed by atoms with Crippen molar-refractivity contribution in [1.82, 2.24) is 34.5 Å². The molecule has 2 N–H and O–H groups in total. The Labute approximate surface area is 217 Å². The van der Waals surface area contributed by atoms with Gasteiger partial charge in [-0.15, -0.1) is 11.3 Å². The molecule has 1 saturated heterocycles. The number of likely N-dealkylation sites (tertiary alicyclic amines) is 1. The van der Waals surface area contributed by atoms with E-state index in [2.05, 4.69) is 20.4 Å². The number of hydrogen-bond acceptors (Lipinski definition) is 9. The molecule has 1 unspecified atom stereocenters. The van der Waals surface area contributed by atoms with Gasteiger partial charge in [-0.3, -0.25) is 14.3 Å². The average molecular weight is 519 g/mol. The summed E-state index contributed by atoms with van der Waals surface area (Å²) in [5.41, 5.74) is 3.15. The standard InChI is InChI=1S/C20H17N7OS.C5H9NO2/c1-26-9-10-27-16(19(26)28)11-17(25-27)24-20-21-8-7-14(23-20)15-12-29-18(22-15)13-5-3-2-4-6-13;1-6-3-2-4(7)5(6)8/h2-8,11-12H,9-10H2,1H3,(H,21,23,24,25);4,7H,2-3H2,1H3. The number of likely N-dealkylation sites (N-methyl/N-ethyl adjacent to an activating group) is 2. The first-order chi connectivity index (χ1) is 17.9. The summed E-state index contributed by atoms with van der Waals surface area (Å²) in [5.74, 6) is 0.768. The minimum absolute atomic E-state index is 0.0395. The molecular weight excluding hydrogens is 492 g/mol. The molecule has 1 fully saturated rings. The van der Waals surface area contributed by atoms with E-state index in [-0.39, 0.29) is 11.8 Å². The number of hydrogen-bond donors (Lipinski definition) is 2. The summed E-state index contributed by atoms with van der Waals surface area (Å²) in [5, 5.41) is 19.2. The van der Waals surface area contributed by atoms with E-state index in [1.807, 2.05) is 41.8 Å². The van der Waals surface area contributed by atoms with Crippen LogP contribution in [0.15, 0.2) is 54.0 Å². The summed E-state index contributed by atoms with van der Waals surface area (Å²) in [6, 6.07) is 13.6. The number of aromatic nitrogens is 5. The van der Waals surface area contributed by atoms with Crippen LogP contribution in [0.5, 0.6) is 0 Å². The molecule has 0 radical (unpaired) electrons. The first-order valence-electron chi connectivity index (χ1n) is 11.8. The Morgan fingerprint density at radius 3 is 2.51 bits per heavy atom. The van der Waals surface area contributed by atoms with Crippen molar-refractivity contribution in [2.45, 2.75) is 19.1 Å². The van der Waals surface area contributed by atoms with Crippen LogP contribution in [0.3, 0.4) is 0 Å². The van der Waals surface area contributed by atoms with Crippen LogP contribution in [-0.4, -0.2) is 84.7 Å². The highest BCUT2D eigenvalue weighted by atomic mass is 32.1. The molecule has 2 aliphatic heterocycles. The van der Waals surface area contributed by atoms with E-state index in [4.69, 9.17) is 10.1 Å². The molecule has 0 aliphatic carbocycles. The van der Waals surface area contributed by atoms with Gasteiger partial charge in [0.05, 0.1) is 12.2 Å². The molecule has 1 aromatic carbocycles. The number of anilines is 2. The normalized spacial score (nSPS) is 16.9. The van der Waals surface area contributed by atoms with Gasteiger partial charge < -0.3 is 20.2 Å². The lowest BCUT2D eigenvalue weighted by Gasteiger charge is -2.22. The highest BCUT2D eigenvalue weighted by Crippen LogP contribution is 2.28. The van der Waals surface area contributed by atoms with E-state index in [0.717, 1.165) is 22.0 Å². The number of aliphatic hydroxyl groups excluding tert-OH is 1. The highest BCUT2D eigenvalue weighted by Gasteiger charge is 2.26. The summed E-state index contributed by atoms with van der Waals surface area (Å²) >= 11 is 1.58.